The van der Waals surface area contributed by atoms with E-state index in [0.29, 0.717) is 30.1 Å². The second-order valence-electron chi connectivity index (χ2n) is 12.8. The van der Waals surface area contributed by atoms with Crippen molar-refractivity contribution in [2.45, 2.75) is 134 Å². The van der Waals surface area contributed by atoms with Crippen molar-refractivity contribution < 1.29 is 4.79 Å². The Hall–Kier alpha value is -0.770. The monoisotopic (exact) mass is 517 g/mol. The Bertz CT molecular complexity index is 710. The van der Waals surface area contributed by atoms with Crippen molar-refractivity contribution in [2.75, 3.05) is 26.2 Å². The largest absolute Gasteiger partial charge is 0.353 e. The van der Waals surface area contributed by atoms with E-state index >= 15 is 0 Å². The molecule has 0 aromatic heterocycles. The number of hydrogen-bond donors (Lipinski definition) is 6. The summed E-state index contributed by atoms with van der Waals surface area (Å²) in [6.07, 6.45) is 16.1. The molecule has 0 spiro atoms. The van der Waals surface area contributed by atoms with Gasteiger partial charge in [0.1, 0.15) is 6.29 Å². The van der Waals surface area contributed by atoms with Gasteiger partial charge < -0.3 is 10.6 Å². The van der Waals surface area contributed by atoms with E-state index in [4.69, 9.17) is 0 Å². The highest BCUT2D eigenvalue weighted by molar-refractivity contribution is 5.80. The lowest BCUT2D eigenvalue weighted by Gasteiger charge is -2.43. The second-order valence-corrected chi connectivity index (χ2v) is 12.8. The van der Waals surface area contributed by atoms with Crippen LogP contribution in [0.1, 0.15) is 97.3 Å². The molecule has 0 aromatic carbocycles. The molecule has 3 heterocycles. The van der Waals surface area contributed by atoms with Gasteiger partial charge in [0.25, 0.3) is 0 Å². The van der Waals surface area contributed by atoms with Gasteiger partial charge in [-0.15, -0.1) is 0 Å². The van der Waals surface area contributed by atoms with Crippen molar-refractivity contribution in [1.82, 2.24) is 37.0 Å². The summed E-state index contributed by atoms with van der Waals surface area (Å²) in [5, 5.41) is 21.1. The Balaban J connectivity index is 1.13. The fourth-order valence-electron chi connectivity index (χ4n) is 7.96. The minimum absolute atomic E-state index is 0.0687. The Morgan fingerprint density at radius 2 is 1.84 bits per heavy atom. The molecule has 8 heteroatoms. The molecule has 5 rings (SSSR count). The summed E-state index contributed by atoms with van der Waals surface area (Å²) >= 11 is 0. The van der Waals surface area contributed by atoms with Gasteiger partial charge in [0, 0.05) is 36.8 Å². The summed E-state index contributed by atoms with van der Waals surface area (Å²) in [7, 11) is 0. The first kappa shape index (κ1) is 27.8. The van der Waals surface area contributed by atoms with Crippen LogP contribution < -0.4 is 32.0 Å². The van der Waals surface area contributed by atoms with Crippen molar-refractivity contribution in [3.63, 3.8) is 0 Å². The first-order valence-corrected chi connectivity index (χ1v) is 15.9. The van der Waals surface area contributed by atoms with E-state index in [1.807, 2.05) is 0 Å². The van der Waals surface area contributed by atoms with E-state index in [-0.39, 0.29) is 24.2 Å². The molecule has 0 bridgehead atoms. The van der Waals surface area contributed by atoms with E-state index in [0.717, 1.165) is 51.2 Å². The van der Waals surface area contributed by atoms with E-state index in [1.54, 1.807) is 0 Å². The minimum atomic E-state index is 0.0687. The van der Waals surface area contributed by atoms with E-state index in [2.05, 4.69) is 50.9 Å². The average molecular weight is 518 g/mol. The SMILES string of the molecule is CCCC1C(C(=O)NC2CCC(C)C(NC3NCCC(C4CCCNC4)N3)C2)CNN1C1CCCCC1. The Morgan fingerprint density at radius 1 is 0.973 bits per heavy atom. The number of hydrogen-bond acceptors (Lipinski definition) is 7. The Kier molecular flexibility index (Phi) is 10.2. The van der Waals surface area contributed by atoms with Crippen LogP contribution in [0.15, 0.2) is 0 Å². The van der Waals surface area contributed by atoms with E-state index in [9.17, 15) is 4.79 Å². The van der Waals surface area contributed by atoms with Gasteiger partial charge in [-0.1, -0.05) is 39.5 Å². The summed E-state index contributed by atoms with van der Waals surface area (Å²) in [6.45, 7) is 8.81. The molecular weight excluding hydrogens is 462 g/mol. The Morgan fingerprint density at radius 3 is 2.62 bits per heavy atom. The van der Waals surface area contributed by atoms with Gasteiger partial charge in [0.2, 0.25) is 5.91 Å². The summed E-state index contributed by atoms with van der Waals surface area (Å²) < 4.78 is 0. The molecule has 5 aliphatic rings. The molecule has 8 unspecified atom stereocenters. The van der Waals surface area contributed by atoms with Crippen molar-refractivity contribution in [3.8, 4) is 0 Å². The van der Waals surface area contributed by atoms with Gasteiger partial charge in [-0.25, -0.2) is 5.01 Å². The van der Waals surface area contributed by atoms with Crippen LogP contribution in [0, 0.1) is 17.8 Å². The van der Waals surface area contributed by atoms with Gasteiger partial charge in [0.15, 0.2) is 0 Å². The molecule has 8 atom stereocenters. The molecule has 0 aromatic rings. The van der Waals surface area contributed by atoms with Crippen LogP contribution in [0.3, 0.4) is 0 Å². The number of carbonyl (C=O) groups is 1. The third-order valence-corrected chi connectivity index (χ3v) is 10.2. The zero-order chi connectivity index (χ0) is 25.6. The lowest BCUT2D eigenvalue weighted by atomic mass is 9.82. The number of nitrogens with one attached hydrogen (secondary N) is 6. The highest BCUT2D eigenvalue weighted by atomic mass is 16.2. The zero-order valence-corrected chi connectivity index (χ0v) is 23.6. The van der Waals surface area contributed by atoms with Crippen LogP contribution in [-0.4, -0.2) is 73.6 Å². The summed E-state index contributed by atoms with van der Waals surface area (Å²) in [5.41, 5.74) is 3.67. The van der Waals surface area contributed by atoms with Crippen LogP contribution in [0.5, 0.6) is 0 Å². The standard InChI is InChI=1S/C29H55N7O/c1-3-8-27-24(19-32-36(27)23-10-5-4-6-11-23)28(37)33-22-13-12-20(2)26(17-22)35-29-31-16-14-25(34-29)21-9-7-15-30-18-21/h20-27,29-32,34-35H,3-19H2,1-2H3,(H,33,37). The third kappa shape index (κ3) is 7.06. The third-order valence-electron chi connectivity index (χ3n) is 10.2. The van der Waals surface area contributed by atoms with Gasteiger partial charge in [-0.3, -0.25) is 26.2 Å². The van der Waals surface area contributed by atoms with Crippen LogP contribution in [0.2, 0.25) is 0 Å². The van der Waals surface area contributed by atoms with Gasteiger partial charge in [-0.2, -0.15) is 0 Å². The van der Waals surface area contributed by atoms with E-state index < -0.39 is 0 Å². The summed E-state index contributed by atoms with van der Waals surface area (Å²) in [6, 6.07) is 2.22. The number of hydrazine groups is 1. The molecule has 3 aliphatic heterocycles. The fourth-order valence-corrected chi connectivity index (χ4v) is 7.96. The molecule has 2 aliphatic carbocycles. The van der Waals surface area contributed by atoms with Crippen molar-refractivity contribution in [3.05, 3.63) is 0 Å². The maximum atomic E-state index is 13.6. The van der Waals surface area contributed by atoms with Gasteiger partial charge >= 0.3 is 0 Å². The van der Waals surface area contributed by atoms with Crippen LogP contribution in [0.4, 0.5) is 0 Å². The van der Waals surface area contributed by atoms with Gasteiger partial charge in [0.05, 0.1) is 5.92 Å². The number of amides is 1. The van der Waals surface area contributed by atoms with Crippen molar-refractivity contribution in [2.24, 2.45) is 17.8 Å². The van der Waals surface area contributed by atoms with Gasteiger partial charge in [-0.05, 0) is 89.3 Å². The first-order valence-electron chi connectivity index (χ1n) is 15.9. The minimum Gasteiger partial charge on any atom is -0.353 e. The smallest absolute Gasteiger partial charge is 0.226 e. The quantitative estimate of drug-likeness (QED) is 0.295. The zero-order valence-electron chi connectivity index (χ0n) is 23.6. The molecule has 212 valence electrons. The molecule has 37 heavy (non-hydrogen) atoms. The number of carbonyl (C=O) groups excluding carboxylic acids is 1. The summed E-state index contributed by atoms with van der Waals surface area (Å²) in [4.78, 5) is 13.6. The highest BCUT2D eigenvalue weighted by Crippen LogP contribution is 2.31. The lowest BCUT2D eigenvalue weighted by molar-refractivity contribution is -0.126. The molecular formula is C29H55N7O. The maximum absolute atomic E-state index is 13.6. The van der Waals surface area contributed by atoms with Crippen LogP contribution in [0.25, 0.3) is 0 Å². The molecule has 6 N–H and O–H groups in total. The second kappa shape index (κ2) is 13.5. The molecule has 8 nitrogen and oxygen atoms in total. The predicted molar refractivity (Wildman–Crippen MR) is 150 cm³/mol. The van der Waals surface area contributed by atoms with E-state index in [1.165, 1.54) is 64.3 Å². The molecule has 0 radical (unpaired) electrons. The molecule has 3 saturated heterocycles. The number of piperidine rings is 1. The van der Waals surface area contributed by atoms with Crippen LogP contribution >= 0.6 is 0 Å². The topological polar surface area (TPSA) is 92.5 Å². The number of nitrogens with zero attached hydrogens (tertiary/aromatic N) is 1. The maximum Gasteiger partial charge on any atom is 0.226 e. The van der Waals surface area contributed by atoms with Crippen molar-refractivity contribution >= 4 is 5.91 Å². The normalized spacial score (nSPS) is 40.5. The molecule has 1 amide bonds. The Labute approximate surface area is 225 Å². The lowest BCUT2D eigenvalue weighted by Crippen LogP contribution is -2.66. The van der Waals surface area contributed by atoms with Crippen LogP contribution in [-0.2, 0) is 4.79 Å². The highest BCUT2D eigenvalue weighted by Gasteiger charge is 2.42. The average Bonchev–Trinajstić information content (AvgIpc) is 3.36. The van der Waals surface area contributed by atoms with Crippen molar-refractivity contribution in [1.29, 1.82) is 0 Å². The predicted octanol–water partition coefficient (Wildman–Crippen LogP) is 2.42. The number of rotatable bonds is 8. The first-order chi connectivity index (χ1) is 18.1. The fraction of sp³-hybridized carbons (Fsp3) is 0.966. The summed E-state index contributed by atoms with van der Waals surface area (Å²) in [5.74, 6) is 1.71. The molecule has 5 fully saturated rings. The molecule has 2 saturated carbocycles.